The second kappa shape index (κ2) is 4.57. The Labute approximate surface area is 110 Å². The van der Waals surface area contributed by atoms with Crippen molar-refractivity contribution in [2.24, 2.45) is 0 Å². The fraction of sp³-hybridized carbons (Fsp3) is 0.750. The number of aliphatic carboxylic acids is 1. The van der Waals surface area contributed by atoms with Gasteiger partial charge >= 0.3 is 5.97 Å². The Morgan fingerprint density at radius 2 is 2.05 bits per heavy atom. The lowest BCUT2D eigenvalue weighted by Crippen LogP contribution is -2.52. The molecular weight excluding hydrogens is 252 g/mol. The molecule has 2 saturated heterocycles. The number of nitrogens with zero attached hydrogens (tertiary/aromatic N) is 2. The van der Waals surface area contributed by atoms with Crippen LogP contribution in [-0.2, 0) is 19.1 Å². The van der Waals surface area contributed by atoms with Crippen LogP contribution in [0.3, 0.4) is 0 Å². The lowest BCUT2D eigenvalue weighted by atomic mass is 10.1. The van der Waals surface area contributed by atoms with E-state index in [0.29, 0.717) is 6.54 Å². The molecule has 0 spiro atoms. The molecule has 1 N–H and O–H groups in total. The van der Waals surface area contributed by atoms with E-state index in [0.717, 1.165) is 12.8 Å². The topological polar surface area (TPSA) is 87.2 Å². The predicted octanol–water partition coefficient (Wildman–Crippen LogP) is -0.938. The predicted molar refractivity (Wildman–Crippen MR) is 62.2 cm³/mol. The van der Waals surface area contributed by atoms with Gasteiger partial charge in [0.2, 0.25) is 11.8 Å². The Bertz CT molecular complexity index is 434. The molecule has 2 amide bonds. The van der Waals surface area contributed by atoms with Crippen molar-refractivity contribution in [1.29, 1.82) is 0 Å². The quantitative estimate of drug-likeness (QED) is 0.665. The van der Waals surface area contributed by atoms with E-state index in [-0.39, 0.29) is 37.4 Å². The number of carboxylic acid groups (broad SMARTS) is 1. The Hall–Kier alpha value is -1.47. The highest BCUT2D eigenvalue weighted by Crippen LogP contribution is 2.33. The molecule has 1 saturated carbocycles. The number of carbonyl (C=O) groups excluding carboxylic acids is 2. The third-order valence-electron chi connectivity index (χ3n) is 3.89. The number of amides is 2. The van der Waals surface area contributed by atoms with Gasteiger partial charge in [0.1, 0.15) is 0 Å². The van der Waals surface area contributed by atoms with E-state index in [1.54, 1.807) is 4.90 Å². The van der Waals surface area contributed by atoms with Crippen LogP contribution < -0.4 is 0 Å². The summed E-state index contributed by atoms with van der Waals surface area (Å²) in [5, 5.41) is 8.95. The number of carbonyl (C=O) groups is 3. The van der Waals surface area contributed by atoms with Crippen LogP contribution in [0.25, 0.3) is 0 Å². The van der Waals surface area contributed by atoms with Crippen molar-refractivity contribution >= 4 is 17.8 Å². The van der Waals surface area contributed by atoms with Crippen LogP contribution in [0.5, 0.6) is 0 Å². The average Bonchev–Trinajstić information content (AvgIpc) is 3.16. The molecule has 0 aromatic carbocycles. The SMILES string of the molecule is O=C(O)C1CN(C2CC(=O)N(C3CC3)C2=O)CCO1. The van der Waals surface area contributed by atoms with E-state index in [1.165, 1.54) is 4.90 Å². The van der Waals surface area contributed by atoms with Crippen LogP contribution >= 0.6 is 0 Å². The molecule has 3 fully saturated rings. The largest absolute Gasteiger partial charge is 0.479 e. The summed E-state index contributed by atoms with van der Waals surface area (Å²) in [7, 11) is 0. The molecule has 0 bridgehead atoms. The van der Waals surface area contributed by atoms with Crippen LogP contribution in [-0.4, -0.2) is 70.6 Å². The fourth-order valence-electron chi connectivity index (χ4n) is 2.74. The molecule has 3 rings (SSSR count). The molecule has 7 heteroatoms. The van der Waals surface area contributed by atoms with Gasteiger partial charge in [-0.15, -0.1) is 0 Å². The minimum absolute atomic E-state index is 0.0845. The zero-order chi connectivity index (χ0) is 13.6. The molecule has 0 radical (unpaired) electrons. The van der Waals surface area contributed by atoms with Gasteiger partial charge in [-0.1, -0.05) is 0 Å². The molecule has 1 aliphatic carbocycles. The third kappa shape index (κ3) is 2.23. The molecule has 0 aromatic heterocycles. The Balaban J connectivity index is 1.70. The number of ether oxygens (including phenoxy) is 1. The van der Waals surface area contributed by atoms with Gasteiger partial charge < -0.3 is 9.84 Å². The lowest BCUT2D eigenvalue weighted by Gasteiger charge is -2.33. The minimum Gasteiger partial charge on any atom is -0.479 e. The van der Waals surface area contributed by atoms with Crippen LogP contribution in [0.4, 0.5) is 0 Å². The average molecular weight is 268 g/mol. The number of carboxylic acids is 1. The molecule has 2 heterocycles. The molecule has 2 unspecified atom stereocenters. The van der Waals surface area contributed by atoms with Gasteiger partial charge in [0, 0.05) is 19.1 Å². The highest BCUT2D eigenvalue weighted by atomic mass is 16.5. The van der Waals surface area contributed by atoms with Crippen molar-refractivity contribution in [3.63, 3.8) is 0 Å². The minimum atomic E-state index is -1.03. The summed E-state index contributed by atoms with van der Waals surface area (Å²) in [4.78, 5) is 38.2. The highest BCUT2D eigenvalue weighted by Gasteiger charge is 2.48. The summed E-state index contributed by atoms with van der Waals surface area (Å²) in [6.07, 6.45) is 1.05. The van der Waals surface area contributed by atoms with E-state index in [1.807, 2.05) is 0 Å². The summed E-state index contributed by atoms with van der Waals surface area (Å²) in [5.41, 5.74) is 0. The van der Waals surface area contributed by atoms with Crippen LogP contribution in [0.2, 0.25) is 0 Å². The second-order valence-corrected chi connectivity index (χ2v) is 5.25. The van der Waals surface area contributed by atoms with Gasteiger partial charge in [-0.05, 0) is 12.8 Å². The van der Waals surface area contributed by atoms with Crippen molar-refractivity contribution in [2.75, 3.05) is 19.7 Å². The molecule has 104 valence electrons. The summed E-state index contributed by atoms with van der Waals surface area (Å²) in [6.45, 7) is 0.932. The monoisotopic (exact) mass is 268 g/mol. The zero-order valence-corrected chi connectivity index (χ0v) is 10.4. The number of hydrogen-bond donors (Lipinski definition) is 1. The van der Waals surface area contributed by atoms with Gasteiger partial charge in [0.15, 0.2) is 6.10 Å². The van der Waals surface area contributed by atoms with Gasteiger partial charge in [-0.2, -0.15) is 0 Å². The summed E-state index contributed by atoms with van der Waals surface area (Å²) < 4.78 is 5.13. The zero-order valence-electron chi connectivity index (χ0n) is 10.4. The normalized spacial score (nSPS) is 32.9. The number of morpholine rings is 1. The van der Waals surface area contributed by atoms with E-state index < -0.39 is 18.1 Å². The number of rotatable bonds is 3. The van der Waals surface area contributed by atoms with Crippen molar-refractivity contribution in [2.45, 2.75) is 37.5 Å². The van der Waals surface area contributed by atoms with Gasteiger partial charge in [-0.3, -0.25) is 19.4 Å². The summed E-state index contributed by atoms with van der Waals surface area (Å²) >= 11 is 0. The first-order valence-corrected chi connectivity index (χ1v) is 6.52. The number of imide groups is 1. The third-order valence-corrected chi connectivity index (χ3v) is 3.89. The molecule has 0 aromatic rings. The van der Waals surface area contributed by atoms with Crippen molar-refractivity contribution in [3.05, 3.63) is 0 Å². The Kier molecular flexibility index (Phi) is 3.02. The van der Waals surface area contributed by atoms with E-state index in [2.05, 4.69) is 0 Å². The molecule has 7 nitrogen and oxygen atoms in total. The first kappa shape index (κ1) is 12.6. The van der Waals surface area contributed by atoms with Crippen LogP contribution in [0.15, 0.2) is 0 Å². The first-order valence-electron chi connectivity index (χ1n) is 6.52. The molecule has 2 atom stereocenters. The Morgan fingerprint density at radius 3 is 2.68 bits per heavy atom. The van der Waals surface area contributed by atoms with E-state index in [9.17, 15) is 14.4 Å². The van der Waals surface area contributed by atoms with Crippen LogP contribution in [0, 0.1) is 0 Å². The standard InChI is InChI=1S/C12H16N2O5/c15-10-5-8(11(16)14(10)7-1-2-7)13-3-4-19-9(6-13)12(17)18/h7-9H,1-6H2,(H,17,18). The molecule has 2 aliphatic heterocycles. The first-order chi connectivity index (χ1) is 9.08. The van der Waals surface area contributed by atoms with Gasteiger partial charge in [0.25, 0.3) is 0 Å². The van der Waals surface area contributed by atoms with Gasteiger partial charge in [-0.25, -0.2) is 4.79 Å². The Morgan fingerprint density at radius 1 is 1.32 bits per heavy atom. The van der Waals surface area contributed by atoms with Crippen molar-refractivity contribution in [3.8, 4) is 0 Å². The molecule has 3 aliphatic rings. The maximum Gasteiger partial charge on any atom is 0.334 e. The molecule has 19 heavy (non-hydrogen) atoms. The summed E-state index contributed by atoms with van der Waals surface area (Å²) in [5.74, 6) is -1.32. The van der Waals surface area contributed by atoms with Crippen molar-refractivity contribution < 1.29 is 24.2 Å². The smallest absolute Gasteiger partial charge is 0.334 e. The number of likely N-dealkylation sites (tertiary alicyclic amines) is 1. The van der Waals surface area contributed by atoms with Gasteiger partial charge in [0.05, 0.1) is 19.1 Å². The van der Waals surface area contributed by atoms with Crippen molar-refractivity contribution in [1.82, 2.24) is 9.80 Å². The maximum atomic E-state index is 12.2. The molecular formula is C12H16N2O5. The van der Waals surface area contributed by atoms with E-state index in [4.69, 9.17) is 9.84 Å². The summed E-state index contributed by atoms with van der Waals surface area (Å²) in [6, 6.07) is -0.417. The maximum absolute atomic E-state index is 12.2. The fourth-order valence-corrected chi connectivity index (χ4v) is 2.74. The number of hydrogen-bond acceptors (Lipinski definition) is 5. The second-order valence-electron chi connectivity index (χ2n) is 5.25. The van der Waals surface area contributed by atoms with Crippen LogP contribution in [0.1, 0.15) is 19.3 Å². The van der Waals surface area contributed by atoms with E-state index >= 15 is 0 Å². The lowest BCUT2D eigenvalue weighted by molar-refractivity contribution is -0.158. The highest BCUT2D eigenvalue weighted by molar-refractivity contribution is 6.06.